The minimum absolute atomic E-state index is 0.139. The molecule has 0 N–H and O–H groups in total. The summed E-state index contributed by atoms with van der Waals surface area (Å²) in [7, 11) is 0. The van der Waals surface area contributed by atoms with Gasteiger partial charge in [-0.1, -0.05) is 23.7 Å². The van der Waals surface area contributed by atoms with Crippen LogP contribution in [0.4, 0.5) is 11.4 Å². The number of ether oxygens (including phenoxy) is 1. The van der Waals surface area contributed by atoms with Gasteiger partial charge >= 0.3 is 0 Å². The number of nitrogens with zero attached hydrogens (tertiary/aromatic N) is 2. The molecule has 2 aromatic rings. The molecule has 0 unspecified atom stereocenters. The molecule has 2 aliphatic heterocycles. The Balaban J connectivity index is 1.49. The van der Waals surface area contributed by atoms with Crippen LogP contribution in [0.1, 0.15) is 11.1 Å². The Bertz CT molecular complexity index is 770. The van der Waals surface area contributed by atoms with E-state index in [4.69, 9.17) is 16.3 Å². The summed E-state index contributed by atoms with van der Waals surface area (Å²) in [5, 5.41) is 0.693. The summed E-state index contributed by atoms with van der Waals surface area (Å²) in [4.78, 5) is 17.0. The minimum atomic E-state index is 0.139. The molecule has 0 radical (unpaired) electrons. The Morgan fingerprint density at radius 3 is 2.56 bits per heavy atom. The monoisotopic (exact) mass is 356 g/mol. The fourth-order valence-electron chi connectivity index (χ4n) is 3.54. The van der Waals surface area contributed by atoms with E-state index in [0.29, 0.717) is 11.4 Å². The summed E-state index contributed by atoms with van der Waals surface area (Å²) in [5.41, 5.74) is 4.53. The van der Waals surface area contributed by atoms with Crippen molar-refractivity contribution in [1.82, 2.24) is 0 Å². The molecule has 0 aliphatic carbocycles. The van der Waals surface area contributed by atoms with E-state index in [0.717, 1.165) is 50.5 Å². The van der Waals surface area contributed by atoms with E-state index in [-0.39, 0.29) is 5.91 Å². The Kier molecular flexibility index (Phi) is 4.64. The highest BCUT2D eigenvalue weighted by atomic mass is 35.5. The number of halogens is 1. The molecule has 5 heteroatoms. The summed E-state index contributed by atoms with van der Waals surface area (Å²) in [6, 6.07) is 13.9. The highest BCUT2D eigenvalue weighted by Gasteiger charge is 2.25. The average Bonchev–Trinajstić information content (AvgIpc) is 3.07. The van der Waals surface area contributed by atoms with E-state index in [1.807, 2.05) is 29.2 Å². The molecule has 2 aromatic carbocycles. The van der Waals surface area contributed by atoms with E-state index < -0.39 is 0 Å². The van der Waals surface area contributed by atoms with Gasteiger partial charge in [0, 0.05) is 36.0 Å². The number of fused-ring (bicyclic) bond motifs is 1. The minimum Gasteiger partial charge on any atom is -0.378 e. The molecular formula is C20H21ClN2O2. The Morgan fingerprint density at radius 1 is 1.04 bits per heavy atom. The van der Waals surface area contributed by atoms with E-state index in [9.17, 15) is 4.79 Å². The Hall–Kier alpha value is -2.04. The summed E-state index contributed by atoms with van der Waals surface area (Å²) in [5.74, 6) is 0.139. The lowest BCUT2D eigenvalue weighted by molar-refractivity contribution is -0.117. The summed E-state index contributed by atoms with van der Waals surface area (Å²) in [6.07, 6.45) is 1.32. The predicted octanol–water partition coefficient (Wildman–Crippen LogP) is 3.31. The van der Waals surface area contributed by atoms with Gasteiger partial charge in [-0.05, 0) is 47.9 Å². The van der Waals surface area contributed by atoms with Crippen LogP contribution in [0.3, 0.4) is 0 Å². The third-order valence-electron chi connectivity index (χ3n) is 4.90. The Labute approximate surface area is 152 Å². The van der Waals surface area contributed by atoms with Crippen molar-refractivity contribution in [3.8, 4) is 0 Å². The third-order valence-corrected chi connectivity index (χ3v) is 5.16. The molecule has 130 valence electrons. The molecule has 4 rings (SSSR count). The molecule has 1 amide bonds. The van der Waals surface area contributed by atoms with Gasteiger partial charge in [0.2, 0.25) is 5.91 Å². The number of amides is 1. The number of benzene rings is 2. The maximum Gasteiger partial charge on any atom is 0.231 e. The zero-order chi connectivity index (χ0) is 17.2. The van der Waals surface area contributed by atoms with Crippen LogP contribution in [-0.2, 0) is 22.4 Å². The quantitative estimate of drug-likeness (QED) is 0.845. The zero-order valence-electron chi connectivity index (χ0n) is 14.1. The van der Waals surface area contributed by atoms with Crippen LogP contribution >= 0.6 is 11.6 Å². The zero-order valence-corrected chi connectivity index (χ0v) is 14.8. The molecular weight excluding hydrogens is 336 g/mol. The fourth-order valence-corrected chi connectivity index (χ4v) is 3.66. The number of anilines is 2. The van der Waals surface area contributed by atoms with Crippen LogP contribution in [-0.4, -0.2) is 38.8 Å². The lowest BCUT2D eigenvalue weighted by atomic mass is 10.1. The van der Waals surface area contributed by atoms with Gasteiger partial charge in [0.1, 0.15) is 0 Å². The van der Waals surface area contributed by atoms with E-state index >= 15 is 0 Å². The van der Waals surface area contributed by atoms with Gasteiger partial charge in [0.25, 0.3) is 0 Å². The second kappa shape index (κ2) is 7.06. The van der Waals surface area contributed by atoms with Crippen LogP contribution in [0.5, 0.6) is 0 Å². The second-order valence-corrected chi connectivity index (χ2v) is 6.95. The Morgan fingerprint density at radius 2 is 1.80 bits per heavy atom. The summed E-state index contributed by atoms with van der Waals surface area (Å²) >= 11 is 5.91. The summed E-state index contributed by atoms with van der Waals surface area (Å²) < 4.78 is 5.42. The van der Waals surface area contributed by atoms with Crippen molar-refractivity contribution >= 4 is 28.9 Å². The fraction of sp³-hybridized carbons (Fsp3) is 0.350. The predicted molar refractivity (Wildman–Crippen MR) is 101 cm³/mol. The highest BCUT2D eigenvalue weighted by molar-refractivity contribution is 6.30. The number of carbonyl (C=O) groups excluding carboxylic acids is 1. The molecule has 0 bridgehead atoms. The second-order valence-electron chi connectivity index (χ2n) is 6.51. The van der Waals surface area contributed by atoms with Crippen molar-refractivity contribution in [2.45, 2.75) is 12.8 Å². The molecule has 1 fully saturated rings. The maximum atomic E-state index is 12.7. The molecule has 0 atom stereocenters. The van der Waals surface area contributed by atoms with Gasteiger partial charge in [-0.15, -0.1) is 0 Å². The SMILES string of the molecule is O=C(Cc1ccc(Cl)cc1)N1CCc2cc(N3CCOCC3)ccc21. The van der Waals surface area contributed by atoms with Crippen LogP contribution < -0.4 is 9.80 Å². The van der Waals surface area contributed by atoms with E-state index in [1.165, 1.54) is 11.3 Å². The first-order valence-corrected chi connectivity index (χ1v) is 9.09. The molecule has 0 saturated carbocycles. The van der Waals surface area contributed by atoms with Gasteiger partial charge in [-0.25, -0.2) is 0 Å². The van der Waals surface area contributed by atoms with Crippen molar-refractivity contribution in [2.24, 2.45) is 0 Å². The van der Waals surface area contributed by atoms with Gasteiger partial charge in [-0.2, -0.15) is 0 Å². The van der Waals surface area contributed by atoms with Gasteiger partial charge in [0.15, 0.2) is 0 Å². The van der Waals surface area contributed by atoms with Gasteiger partial charge < -0.3 is 14.5 Å². The number of morpholine rings is 1. The molecule has 0 spiro atoms. The molecule has 25 heavy (non-hydrogen) atoms. The van der Waals surface area contributed by atoms with Crippen LogP contribution in [0, 0.1) is 0 Å². The maximum absolute atomic E-state index is 12.7. The van der Waals surface area contributed by atoms with Crippen LogP contribution in [0.15, 0.2) is 42.5 Å². The smallest absolute Gasteiger partial charge is 0.231 e. The molecule has 1 saturated heterocycles. The van der Waals surface area contributed by atoms with Crippen molar-refractivity contribution in [3.63, 3.8) is 0 Å². The molecule has 0 aromatic heterocycles. The highest BCUT2D eigenvalue weighted by Crippen LogP contribution is 2.32. The van der Waals surface area contributed by atoms with E-state index in [2.05, 4.69) is 23.1 Å². The van der Waals surface area contributed by atoms with Crippen molar-refractivity contribution < 1.29 is 9.53 Å². The normalized spacial score (nSPS) is 16.8. The first-order chi connectivity index (χ1) is 12.2. The van der Waals surface area contributed by atoms with E-state index in [1.54, 1.807) is 0 Å². The largest absolute Gasteiger partial charge is 0.378 e. The summed E-state index contributed by atoms with van der Waals surface area (Å²) in [6.45, 7) is 4.18. The van der Waals surface area contributed by atoms with Gasteiger partial charge in [-0.3, -0.25) is 4.79 Å². The van der Waals surface area contributed by atoms with Crippen molar-refractivity contribution in [3.05, 3.63) is 58.6 Å². The topological polar surface area (TPSA) is 32.8 Å². The first kappa shape index (κ1) is 16.4. The number of rotatable bonds is 3. The first-order valence-electron chi connectivity index (χ1n) is 8.71. The van der Waals surface area contributed by atoms with Crippen LogP contribution in [0.2, 0.25) is 5.02 Å². The number of hydrogen-bond acceptors (Lipinski definition) is 3. The van der Waals surface area contributed by atoms with Gasteiger partial charge in [0.05, 0.1) is 19.6 Å². The molecule has 2 heterocycles. The molecule has 4 nitrogen and oxygen atoms in total. The third kappa shape index (κ3) is 3.51. The number of carbonyl (C=O) groups is 1. The standard InChI is InChI=1S/C20H21ClN2O2/c21-17-3-1-15(2-4-17)13-20(24)23-8-7-16-14-18(5-6-19(16)23)22-9-11-25-12-10-22/h1-6,14H,7-13H2. The van der Waals surface area contributed by atoms with Crippen LogP contribution in [0.25, 0.3) is 0 Å². The lowest BCUT2D eigenvalue weighted by Gasteiger charge is -2.29. The van der Waals surface area contributed by atoms with Crippen molar-refractivity contribution in [1.29, 1.82) is 0 Å². The lowest BCUT2D eigenvalue weighted by Crippen LogP contribution is -2.36. The van der Waals surface area contributed by atoms with Crippen molar-refractivity contribution in [2.75, 3.05) is 42.6 Å². The molecule has 2 aliphatic rings. The average molecular weight is 357 g/mol. The number of hydrogen-bond donors (Lipinski definition) is 0.